The van der Waals surface area contributed by atoms with E-state index in [4.69, 9.17) is 18.3 Å². The molecule has 0 N–H and O–H groups in total. The number of aryl methyl sites for hydroxylation is 2. The molecule has 0 saturated heterocycles. The Kier molecular flexibility index (Phi) is 11.8. The van der Waals surface area contributed by atoms with Gasteiger partial charge in [-0.1, -0.05) is 31.9 Å². The summed E-state index contributed by atoms with van der Waals surface area (Å²) in [5, 5.41) is 0.642. The van der Waals surface area contributed by atoms with Gasteiger partial charge < -0.3 is 18.3 Å². The number of thioether (sulfide) groups is 2. The first-order chi connectivity index (χ1) is 28.7. The van der Waals surface area contributed by atoms with E-state index in [9.17, 15) is 0 Å². The van der Waals surface area contributed by atoms with Gasteiger partial charge >= 0.3 is 0 Å². The van der Waals surface area contributed by atoms with Gasteiger partial charge in [0.05, 0.1) is 94.0 Å². The molecule has 0 saturated carbocycles. The molecule has 0 fully saturated rings. The van der Waals surface area contributed by atoms with Crippen LogP contribution in [0.2, 0.25) is 0 Å². The molecule has 0 aliphatic carbocycles. The van der Waals surface area contributed by atoms with Crippen LogP contribution >= 0.6 is 219 Å². The maximum Gasteiger partial charge on any atom is 0.161 e. The van der Waals surface area contributed by atoms with Gasteiger partial charge in [-0.2, -0.15) is 0 Å². The maximum atomic E-state index is 6.33. The highest BCUT2D eigenvalue weighted by molar-refractivity contribution is 9.12. The Bertz CT molecular complexity index is 3090. The first-order valence-electron chi connectivity index (χ1n) is 17.7. The molecule has 12 rings (SSSR count). The van der Waals surface area contributed by atoms with E-state index in [1.807, 2.05) is 23.5 Å². The summed E-state index contributed by atoms with van der Waals surface area (Å²) in [7, 11) is 0. The SMILES string of the molecule is CC1=CC2OC(c3sc4c(Br)c(-c5oc6cc(C)sc6c5Br)sc4c3Br)=C(Br)C2S1.CC1=CC2OC(c3sc4c(Br)c(-c5oc6cc(C)sc6c5Br)sc4c3Br)=C(Br)C2S1. The van der Waals surface area contributed by atoms with Crippen molar-refractivity contribution < 1.29 is 18.3 Å². The Morgan fingerprint density at radius 3 is 1.13 bits per heavy atom. The van der Waals surface area contributed by atoms with Crippen molar-refractivity contribution in [2.24, 2.45) is 0 Å². The molecule has 0 radical (unpaired) electrons. The Morgan fingerprint density at radius 2 is 0.783 bits per heavy atom. The molecule has 20 heteroatoms. The molecule has 308 valence electrons. The summed E-state index contributed by atoms with van der Waals surface area (Å²) in [6, 6.07) is 4.19. The minimum absolute atomic E-state index is 0.112. The number of allylic oxidation sites excluding steroid dienone is 2. The van der Waals surface area contributed by atoms with Crippen molar-refractivity contribution in [3.63, 3.8) is 0 Å². The molecule has 0 bridgehead atoms. The van der Waals surface area contributed by atoms with Crippen LogP contribution in [0, 0.1) is 13.8 Å². The fraction of sp³-hybridized carbons (Fsp3) is 0.200. The predicted octanol–water partition coefficient (Wildman–Crippen LogP) is 21.0. The first kappa shape index (κ1) is 43.5. The number of thiophene rings is 6. The first-order valence-corrected chi connectivity index (χ1v) is 30.7. The quantitative estimate of drug-likeness (QED) is 0.175. The summed E-state index contributed by atoms with van der Waals surface area (Å²) < 4.78 is 40.8. The van der Waals surface area contributed by atoms with Crippen LogP contribution < -0.4 is 0 Å². The molecule has 60 heavy (non-hydrogen) atoms. The van der Waals surface area contributed by atoms with Crippen molar-refractivity contribution in [3.8, 4) is 21.3 Å². The molecule has 0 spiro atoms. The van der Waals surface area contributed by atoms with E-state index >= 15 is 0 Å². The molecule has 4 aliphatic heterocycles. The second-order valence-electron chi connectivity index (χ2n) is 14.0. The number of fused-ring (bicyclic) bond motifs is 6. The zero-order valence-electron chi connectivity index (χ0n) is 30.5. The van der Waals surface area contributed by atoms with Gasteiger partial charge in [0.25, 0.3) is 0 Å². The van der Waals surface area contributed by atoms with E-state index < -0.39 is 0 Å². The van der Waals surface area contributed by atoms with Crippen LogP contribution in [0.3, 0.4) is 0 Å². The van der Waals surface area contributed by atoms with Crippen LogP contribution in [0.15, 0.2) is 78.7 Å². The summed E-state index contributed by atoms with van der Waals surface area (Å²) >= 11 is 44.7. The van der Waals surface area contributed by atoms with Gasteiger partial charge in [-0.15, -0.1) is 91.5 Å². The van der Waals surface area contributed by atoms with Gasteiger partial charge in [-0.25, -0.2) is 0 Å². The molecule has 12 heterocycles. The van der Waals surface area contributed by atoms with Gasteiger partial charge in [-0.3, -0.25) is 0 Å². The third-order valence-electron chi connectivity index (χ3n) is 9.97. The molecule has 4 nitrogen and oxygen atoms in total. The summed E-state index contributed by atoms with van der Waals surface area (Å²) in [5.74, 6) is 3.67. The number of hydrogen-bond donors (Lipinski definition) is 0. The van der Waals surface area contributed by atoms with Crippen LogP contribution in [-0.4, -0.2) is 22.7 Å². The second kappa shape index (κ2) is 16.3. The van der Waals surface area contributed by atoms with Gasteiger partial charge in [0, 0.05) is 9.75 Å². The number of furan rings is 2. The van der Waals surface area contributed by atoms with Gasteiger partial charge in [0.2, 0.25) is 0 Å². The summed E-state index contributed by atoms with van der Waals surface area (Å²) in [5.41, 5.74) is 1.87. The van der Waals surface area contributed by atoms with Crippen LogP contribution in [-0.2, 0) is 9.47 Å². The third-order valence-corrected chi connectivity index (χ3v) is 29.3. The topological polar surface area (TPSA) is 44.7 Å². The molecule has 4 unspecified atom stereocenters. The van der Waals surface area contributed by atoms with Crippen molar-refractivity contribution >= 4 is 270 Å². The summed E-state index contributed by atoms with van der Waals surface area (Å²) in [4.78, 5) is 9.59. The van der Waals surface area contributed by atoms with Crippen molar-refractivity contribution in [2.75, 3.05) is 0 Å². The van der Waals surface area contributed by atoms with Gasteiger partial charge in [-0.05, 0) is 157 Å². The highest BCUT2D eigenvalue weighted by Crippen LogP contribution is 2.59. The van der Waals surface area contributed by atoms with Crippen molar-refractivity contribution in [2.45, 2.75) is 50.4 Å². The standard InChI is InChI=1S/2C20H10Br4O2S4/c2*1-5-3-7-15(27-5)9(21)13(25-7)17-11(23)19-20(29-17)12(24)18(30-19)14-10(22)16-8(26-14)4-6(2)28-16/h2*3-4,7,15H,1-2H3. The van der Waals surface area contributed by atoms with Crippen LogP contribution in [0.1, 0.15) is 33.4 Å². The van der Waals surface area contributed by atoms with E-state index in [2.05, 4.69) is 179 Å². The number of hydrogen-bond acceptors (Lipinski definition) is 12. The Labute approximate surface area is 442 Å². The monoisotopic (exact) mass is 1450 g/mol. The Balaban J connectivity index is 0.000000136. The van der Waals surface area contributed by atoms with Crippen molar-refractivity contribution in [1.82, 2.24) is 0 Å². The van der Waals surface area contributed by atoms with Gasteiger partial charge in [0.1, 0.15) is 34.9 Å². The number of halogens is 8. The molecule has 0 amide bonds. The fourth-order valence-corrected chi connectivity index (χ4v) is 23.8. The van der Waals surface area contributed by atoms with Crippen LogP contribution in [0.5, 0.6) is 0 Å². The van der Waals surface area contributed by atoms with E-state index in [0.717, 1.165) is 98.9 Å². The predicted molar refractivity (Wildman–Crippen MR) is 293 cm³/mol. The van der Waals surface area contributed by atoms with Gasteiger partial charge in [0.15, 0.2) is 11.5 Å². The lowest BCUT2D eigenvalue weighted by Gasteiger charge is -2.08. The molecular weight excluding hydrogens is 1440 g/mol. The minimum Gasteiger partial charge on any atom is -0.482 e. The minimum atomic E-state index is 0.112. The summed E-state index contributed by atoms with van der Waals surface area (Å²) in [6.45, 7) is 8.48. The van der Waals surface area contributed by atoms with Crippen molar-refractivity contribution in [1.29, 1.82) is 0 Å². The van der Waals surface area contributed by atoms with Crippen LogP contribution in [0.25, 0.3) is 72.2 Å². The molecule has 8 aromatic heterocycles. The third kappa shape index (κ3) is 6.92. The normalized spacial score (nSPS) is 21.2. The fourth-order valence-electron chi connectivity index (χ4n) is 7.40. The van der Waals surface area contributed by atoms with Crippen LogP contribution in [0.4, 0.5) is 0 Å². The molecule has 4 aliphatic rings. The maximum absolute atomic E-state index is 6.33. The Hall–Kier alpha value is 0.900. The summed E-state index contributed by atoms with van der Waals surface area (Å²) in [6.07, 6.45) is 4.65. The van der Waals surface area contributed by atoms with E-state index in [0.29, 0.717) is 10.5 Å². The lowest BCUT2D eigenvalue weighted by atomic mass is 10.2. The van der Waals surface area contributed by atoms with E-state index in [1.165, 1.54) is 38.4 Å². The molecule has 8 aromatic rings. The lowest BCUT2D eigenvalue weighted by Crippen LogP contribution is -2.12. The molecular formula is C40H20Br8O4S8. The van der Waals surface area contributed by atoms with Crippen molar-refractivity contribution in [3.05, 3.63) is 89.4 Å². The zero-order valence-corrected chi connectivity index (χ0v) is 49.8. The largest absolute Gasteiger partial charge is 0.482 e. The number of rotatable bonds is 4. The average Bonchev–Trinajstić information content (AvgIpc) is 4.07. The molecule has 0 aromatic carbocycles. The average molecular weight is 1460 g/mol. The lowest BCUT2D eigenvalue weighted by molar-refractivity contribution is 0.243. The van der Waals surface area contributed by atoms with E-state index in [-0.39, 0.29) is 12.2 Å². The highest BCUT2D eigenvalue weighted by atomic mass is 79.9. The Morgan fingerprint density at radius 1 is 0.433 bits per heavy atom. The molecule has 4 atom stereocenters. The second-order valence-corrected chi connectivity index (χ2v) is 29.9. The van der Waals surface area contributed by atoms with E-state index in [1.54, 1.807) is 68.0 Å². The smallest absolute Gasteiger partial charge is 0.161 e. The highest BCUT2D eigenvalue weighted by Gasteiger charge is 2.42. The zero-order chi connectivity index (χ0) is 41.8. The number of ether oxygens (including phenoxy) is 2.